The minimum absolute atomic E-state index is 0.709. The van der Waals surface area contributed by atoms with Crippen molar-refractivity contribution < 1.29 is 0 Å². The van der Waals surface area contributed by atoms with E-state index in [1.165, 1.54) is 4.91 Å². The fourth-order valence-corrected chi connectivity index (χ4v) is 1.37. The lowest BCUT2D eigenvalue weighted by molar-refractivity contribution is 0.658. The van der Waals surface area contributed by atoms with Gasteiger partial charge in [-0.15, -0.1) is 11.8 Å². The van der Waals surface area contributed by atoms with Crippen molar-refractivity contribution in [3.05, 3.63) is 11.1 Å². The minimum Gasteiger partial charge on any atom is -0.272 e. The van der Waals surface area contributed by atoms with E-state index in [9.17, 15) is 0 Å². The van der Waals surface area contributed by atoms with Gasteiger partial charge in [-0.1, -0.05) is 13.8 Å². The normalized spacial score (nSPS) is 12.2. The Hall–Kier alpha value is -0.240. The molecule has 0 aromatic carbocycles. The summed E-state index contributed by atoms with van der Waals surface area (Å²) in [6, 6.07) is 0. The van der Waals surface area contributed by atoms with Crippen LogP contribution in [0.2, 0.25) is 0 Å². The molecule has 2 heteroatoms. The van der Waals surface area contributed by atoms with Gasteiger partial charge in [0.25, 0.3) is 0 Å². The van der Waals surface area contributed by atoms with Gasteiger partial charge in [-0.25, -0.2) is 0 Å². The molecular weight excluding hydrogens is 142 g/mol. The van der Waals surface area contributed by atoms with Gasteiger partial charge in [0.05, 0.1) is 0 Å². The zero-order chi connectivity index (χ0) is 7.98. The molecule has 10 heavy (non-hydrogen) atoms. The van der Waals surface area contributed by atoms with Gasteiger partial charge in [0.1, 0.15) is 0 Å². The second-order valence-corrected chi connectivity index (χ2v) is 3.51. The van der Waals surface area contributed by atoms with E-state index in [1.807, 2.05) is 6.20 Å². The van der Waals surface area contributed by atoms with Crippen LogP contribution in [0.5, 0.6) is 0 Å². The molecule has 1 nitrogen and oxygen atoms in total. The second-order valence-electron chi connectivity index (χ2n) is 2.58. The predicted molar refractivity (Wildman–Crippen MR) is 50.6 cm³/mol. The highest BCUT2D eigenvalue weighted by molar-refractivity contribution is 8.02. The molecule has 0 heterocycles. The zero-order valence-electron chi connectivity index (χ0n) is 6.92. The number of nitrogens with zero attached hydrogens (tertiary/aromatic N) is 1. The van der Waals surface area contributed by atoms with Crippen LogP contribution in [0.1, 0.15) is 20.3 Å². The Balaban J connectivity index is 3.82. The molecule has 0 aromatic heterocycles. The van der Waals surface area contributed by atoms with Gasteiger partial charge in [0.2, 0.25) is 0 Å². The molecule has 0 aromatic rings. The summed E-state index contributed by atoms with van der Waals surface area (Å²) in [7, 11) is 0. The Kier molecular flexibility index (Phi) is 5.40. The first-order valence-corrected chi connectivity index (χ1v) is 4.62. The summed E-state index contributed by atoms with van der Waals surface area (Å²) in [5.41, 5.74) is 0. The van der Waals surface area contributed by atoms with Gasteiger partial charge in [-0.2, -0.15) is 0 Å². The highest BCUT2D eigenvalue weighted by Gasteiger charge is 1.97. The van der Waals surface area contributed by atoms with Crippen LogP contribution in [0.4, 0.5) is 0 Å². The average molecular weight is 157 g/mol. The zero-order valence-corrected chi connectivity index (χ0v) is 7.74. The molecule has 0 aliphatic heterocycles. The van der Waals surface area contributed by atoms with Crippen molar-refractivity contribution in [2.75, 3.05) is 6.26 Å². The monoisotopic (exact) mass is 157 g/mol. The Bertz CT molecular complexity index is 127. The molecular formula is C8H15NS. The number of thioether (sulfide) groups is 1. The van der Waals surface area contributed by atoms with Crippen molar-refractivity contribution in [2.24, 2.45) is 10.9 Å². The molecule has 0 radical (unpaired) electrons. The van der Waals surface area contributed by atoms with E-state index in [1.54, 1.807) is 11.8 Å². The van der Waals surface area contributed by atoms with E-state index in [2.05, 4.69) is 31.8 Å². The van der Waals surface area contributed by atoms with E-state index in [0.717, 1.165) is 6.42 Å². The summed E-state index contributed by atoms with van der Waals surface area (Å²) in [6.45, 7) is 7.82. The molecule has 0 atom stereocenters. The summed E-state index contributed by atoms with van der Waals surface area (Å²) >= 11 is 1.75. The van der Waals surface area contributed by atoms with Crippen molar-refractivity contribution >= 4 is 18.5 Å². The molecule has 0 spiro atoms. The van der Waals surface area contributed by atoms with Crippen molar-refractivity contribution in [3.63, 3.8) is 0 Å². The smallest absolute Gasteiger partial charge is 0.0355 e. The lowest BCUT2D eigenvalue weighted by Crippen LogP contribution is -1.87. The maximum absolute atomic E-state index is 3.73. The maximum Gasteiger partial charge on any atom is 0.0355 e. The van der Waals surface area contributed by atoms with Gasteiger partial charge in [-0.05, 0) is 25.3 Å². The number of hydrogen-bond acceptors (Lipinski definition) is 2. The molecule has 0 fully saturated rings. The Morgan fingerprint density at radius 2 is 2.30 bits per heavy atom. The first-order valence-electron chi connectivity index (χ1n) is 3.39. The van der Waals surface area contributed by atoms with Gasteiger partial charge in [0.15, 0.2) is 0 Å². The van der Waals surface area contributed by atoms with E-state index >= 15 is 0 Å². The molecule has 0 amide bonds. The molecule has 0 aliphatic rings. The van der Waals surface area contributed by atoms with E-state index in [4.69, 9.17) is 0 Å². The van der Waals surface area contributed by atoms with Crippen LogP contribution in [0.25, 0.3) is 0 Å². The van der Waals surface area contributed by atoms with Crippen molar-refractivity contribution in [3.8, 4) is 0 Å². The van der Waals surface area contributed by atoms with Crippen LogP contribution in [0.15, 0.2) is 16.1 Å². The van der Waals surface area contributed by atoms with Gasteiger partial charge < -0.3 is 0 Å². The average Bonchev–Trinajstić information content (AvgIpc) is 1.86. The van der Waals surface area contributed by atoms with Crippen LogP contribution in [0, 0.1) is 5.92 Å². The number of rotatable bonds is 4. The molecule has 0 unspecified atom stereocenters. The second kappa shape index (κ2) is 5.54. The predicted octanol–water partition coefficient (Wildman–Crippen LogP) is 2.94. The summed E-state index contributed by atoms with van der Waals surface area (Å²) in [5.74, 6) is 0.709. The molecule has 58 valence electrons. The lowest BCUT2D eigenvalue weighted by atomic mass is 10.1. The topological polar surface area (TPSA) is 12.4 Å². The minimum atomic E-state index is 0.709. The fourth-order valence-electron chi connectivity index (χ4n) is 0.693. The summed E-state index contributed by atoms with van der Waals surface area (Å²) in [4.78, 5) is 5.04. The largest absolute Gasteiger partial charge is 0.272 e. The van der Waals surface area contributed by atoms with Crippen molar-refractivity contribution in [1.82, 2.24) is 0 Å². The van der Waals surface area contributed by atoms with Crippen molar-refractivity contribution in [2.45, 2.75) is 20.3 Å². The molecule has 0 rings (SSSR count). The summed E-state index contributed by atoms with van der Waals surface area (Å²) < 4.78 is 0. The van der Waals surface area contributed by atoms with E-state index in [0.29, 0.717) is 5.92 Å². The quantitative estimate of drug-likeness (QED) is 0.571. The highest BCUT2D eigenvalue weighted by Crippen LogP contribution is 2.20. The third-order valence-electron chi connectivity index (χ3n) is 1.11. The number of aliphatic imine (C=N–C) groups is 1. The third-order valence-corrected chi connectivity index (χ3v) is 1.90. The van der Waals surface area contributed by atoms with E-state index < -0.39 is 0 Å². The molecule has 0 bridgehead atoms. The maximum atomic E-state index is 3.73. The van der Waals surface area contributed by atoms with Crippen LogP contribution in [-0.2, 0) is 0 Å². The Morgan fingerprint density at radius 3 is 2.60 bits per heavy atom. The molecule has 0 saturated heterocycles. The van der Waals surface area contributed by atoms with Crippen LogP contribution in [-0.4, -0.2) is 13.0 Å². The molecule has 0 N–H and O–H groups in total. The first-order chi connectivity index (χ1) is 4.70. The van der Waals surface area contributed by atoms with Crippen LogP contribution in [0.3, 0.4) is 0 Å². The van der Waals surface area contributed by atoms with Gasteiger partial charge >= 0.3 is 0 Å². The highest BCUT2D eigenvalue weighted by atomic mass is 32.2. The standard InChI is InChI=1S/C8H15NS/c1-7(2)5-8(10-4)6-9-3/h6-7H,3,5H2,1-2,4H3/b8-6-. The summed E-state index contributed by atoms with van der Waals surface area (Å²) in [6.07, 6.45) is 5.02. The molecule has 0 saturated carbocycles. The third kappa shape index (κ3) is 4.62. The van der Waals surface area contributed by atoms with Gasteiger partial charge in [-0.3, -0.25) is 4.99 Å². The van der Waals surface area contributed by atoms with Crippen molar-refractivity contribution in [1.29, 1.82) is 0 Å². The summed E-state index contributed by atoms with van der Waals surface area (Å²) in [5, 5.41) is 0. The Labute approximate surface area is 67.6 Å². The van der Waals surface area contributed by atoms with Crippen LogP contribution < -0.4 is 0 Å². The van der Waals surface area contributed by atoms with Crippen LogP contribution >= 0.6 is 11.8 Å². The number of allylic oxidation sites excluding steroid dienone is 1. The lowest BCUT2D eigenvalue weighted by Gasteiger charge is -2.04. The fraction of sp³-hybridized carbons (Fsp3) is 0.625. The Morgan fingerprint density at radius 1 is 1.70 bits per heavy atom. The first kappa shape index (κ1) is 9.76. The number of hydrogen-bond donors (Lipinski definition) is 0. The van der Waals surface area contributed by atoms with E-state index in [-0.39, 0.29) is 0 Å². The van der Waals surface area contributed by atoms with Gasteiger partial charge in [0, 0.05) is 11.1 Å². The molecule has 0 aliphatic carbocycles. The SMILES string of the molecule is C=N/C=C(/CC(C)C)SC.